The molecule has 8 heteroatoms. The third kappa shape index (κ3) is 4.39. The van der Waals surface area contributed by atoms with Gasteiger partial charge in [0.25, 0.3) is 0 Å². The summed E-state index contributed by atoms with van der Waals surface area (Å²) in [4.78, 5) is 17.9. The zero-order valence-corrected chi connectivity index (χ0v) is 18.2. The summed E-state index contributed by atoms with van der Waals surface area (Å²) in [5.41, 5.74) is 0.437. The van der Waals surface area contributed by atoms with Crippen LogP contribution in [0.2, 0.25) is 0 Å². The number of rotatable bonds is 5. The van der Waals surface area contributed by atoms with Gasteiger partial charge in [-0.25, -0.2) is 8.42 Å². The second kappa shape index (κ2) is 9.04. The molecule has 0 radical (unpaired) electrons. The Hall–Kier alpha value is -1.95. The minimum Gasteiger partial charge on any atom is -0.338 e. The third-order valence-corrected chi connectivity index (χ3v) is 8.67. The van der Waals surface area contributed by atoms with Crippen LogP contribution in [-0.2, 0) is 14.8 Å². The molecule has 1 aromatic rings. The summed E-state index contributed by atoms with van der Waals surface area (Å²) in [6.45, 7) is 4.83. The number of benzene rings is 1. The molecule has 0 N–H and O–H groups in total. The fourth-order valence-electron chi connectivity index (χ4n) is 5.01. The van der Waals surface area contributed by atoms with Gasteiger partial charge in [0, 0.05) is 38.1 Å². The molecule has 1 amide bonds. The van der Waals surface area contributed by atoms with Crippen LogP contribution in [0.5, 0.6) is 0 Å². The molecule has 3 aliphatic heterocycles. The van der Waals surface area contributed by atoms with E-state index in [1.807, 2.05) is 6.07 Å². The van der Waals surface area contributed by atoms with Crippen LogP contribution < -0.4 is 0 Å². The van der Waals surface area contributed by atoms with Gasteiger partial charge < -0.3 is 9.80 Å². The molecule has 3 aliphatic rings. The van der Waals surface area contributed by atoms with Crippen LogP contribution in [0.1, 0.15) is 44.1 Å². The molecule has 0 aromatic heterocycles. The van der Waals surface area contributed by atoms with Crippen molar-refractivity contribution in [3.63, 3.8) is 0 Å². The molecule has 162 valence electrons. The van der Waals surface area contributed by atoms with E-state index >= 15 is 0 Å². The number of carbonyl (C=O) groups is 1. The normalized spacial score (nSPS) is 24.2. The lowest BCUT2D eigenvalue weighted by molar-refractivity contribution is -0.137. The summed E-state index contributed by atoms with van der Waals surface area (Å²) in [5, 5.41) is 8.90. The molecule has 0 aliphatic carbocycles. The summed E-state index contributed by atoms with van der Waals surface area (Å²) in [6.07, 6.45) is 5.80. The molecule has 3 saturated heterocycles. The standard InChI is InChI=1S/C22H30N4O3S/c23-16-18-5-7-21(8-6-18)30(28,29)25-14-9-19(10-15-25)22(27)26-13-3-4-20(26)17-24-11-1-2-12-24/h5-8,19-20H,1-4,9-15,17H2. The Kier molecular flexibility index (Phi) is 6.42. The Morgan fingerprint density at radius 3 is 2.27 bits per heavy atom. The van der Waals surface area contributed by atoms with Crippen molar-refractivity contribution in [1.82, 2.24) is 14.1 Å². The fraction of sp³-hybridized carbons (Fsp3) is 0.636. The van der Waals surface area contributed by atoms with Crippen LogP contribution in [0.25, 0.3) is 0 Å². The highest BCUT2D eigenvalue weighted by molar-refractivity contribution is 7.89. The van der Waals surface area contributed by atoms with Gasteiger partial charge in [-0.1, -0.05) is 0 Å². The zero-order chi connectivity index (χ0) is 21.1. The maximum Gasteiger partial charge on any atom is 0.243 e. The van der Waals surface area contributed by atoms with Gasteiger partial charge >= 0.3 is 0 Å². The predicted octanol–water partition coefficient (Wildman–Crippen LogP) is 2.05. The molecule has 4 rings (SSSR count). The molecule has 0 saturated carbocycles. The lowest BCUT2D eigenvalue weighted by Gasteiger charge is -2.35. The average molecular weight is 431 g/mol. The van der Waals surface area contributed by atoms with Crippen molar-refractivity contribution in [2.45, 2.75) is 49.5 Å². The Bertz CT molecular complexity index is 895. The van der Waals surface area contributed by atoms with Gasteiger partial charge in [0.2, 0.25) is 15.9 Å². The number of nitrogens with zero attached hydrogens (tertiary/aromatic N) is 4. The fourth-order valence-corrected chi connectivity index (χ4v) is 6.48. The van der Waals surface area contributed by atoms with Crippen molar-refractivity contribution in [3.8, 4) is 6.07 Å². The van der Waals surface area contributed by atoms with E-state index in [0.717, 1.165) is 39.0 Å². The number of amides is 1. The predicted molar refractivity (Wildman–Crippen MR) is 113 cm³/mol. The number of sulfonamides is 1. The maximum atomic E-state index is 13.2. The summed E-state index contributed by atoms with van der Waals surface area (Å²) in [5.74, 6) is 0.128. The van der Waals surface area contributed by atoms with E-state index in [2.05, 4.69) is 9.80 Å². The van der Waals surface area contributed by atoms with Crippen molar-refractivity contribution >= 4 is 15.9 Å². The van der Waals surface area contributed by atoms with E-state index < -0.39 is 10.0 Å². The highest BCUT2D eigenvalue weighted by atomic mass is 32.2. The molecule has 0 bridgehead atoms. The Labute approximate surface area is 179 Å². The maximum absolute atomic E-state index is 13.2. The first-order valence-electron chi connectivity index (χ1n) is 11.0. The van der Waals surface area contributed by atoms with Gasteiger partial charge in [-0.15, -0.1) is 0 Å². The smallest absolute Gasteiger partial charge is 0.243 e. The number of hydrogen-bond donors (Lipinski definition) is 0. The van der Waals surface area contributed by atoms with Gasteiger partial charge in [-0.3, -0.25) is 4.79 Å². The van der Waals surface area contributed by atoms with Crippen LogP contribution in [0.3, 0.4) is 0 Å². The molecule has 1 atom stereocenters. The molecular weight excluding hydrogens is 400 g/mol. The number of carbonyl (C=O) groups excluding carboxylic acids is 1. The summed E-state index contributed by atoms with van der Waals surface area (Å²) >= 11 is 0. The highest BCUT2D eigenvalue weighted by Gasteiger charge is 2.37. The quantitative estimate of drug-likeness (QED) is 0.714. The third-order valence-electron chi connectivity index (χ3n) is 6.75. The van der Waals surface area contributed by atoms with Crippen LogP contribution in [-0.4, -0.2) is 73.7 Å². The monoisotopic (exact) mass is 430 g/mol. The molecule has 7 nitrogen and oxygen atoms in total. The largest absolute Gasteiger partial charge is 0.338 e. The molecule has 1 aromatic carbocycles. The molecular formula is C22H30N4O3S. The van der Waals surface area contributed by atoms with Gasteiger partial charge in [0.15, 0.2) is 0 Å². The number of piperidine rings is 1. The van der Waals surface area contributed by atoms with Crippen molar-refractivity contribution in [3.05, 3.63) is 29.8 Å². The van der Waals surface area contributed by atoms with Gasteiger partial charge in [0.05, 0.1) is 16.5 Å². The van der Waals surface area contributed by atoms with Crippen LogP contribution in [0.15, 0.2) is 29.2 Å². The van der Waals surface area contributed by atoms with E-state index in [1.54, 1.807) is 0 Å². The van der Waals surface area contributed by atoms with Gasteiger partial charge in [-0.05, 0) is 75.9 Å². The van der Waals surface area contributed by atoms with Crippen LogP contribution in [0.4, 0.5) is 0 Å². The SMILES string of the molecule is N#Cc1ccc(S(=O)(=O)N2CCC(C(=O)N3CCCC3CN3CCCC3)CC2)cc1. The second-order valence-corrected chi connectivity index (χ2v) is 10.6. The molecule has 1 unspecified atom stereocenters. The van der Waals surface area contributed by atoms with Crippen molar-refractivity contribution in [1.29, 1.82) is 5.26 Å². The summed E-state index contributed by atoms with van der Waals surface area (Å²) in [7, 11) is -3.59. The second-order valence-electron chi connectivity index (χ2n) is 8.65. The first-order chi connectivity index (χ1) is 14.5. The van der Waals surface area contributed by atoms with Gasteiger partial charge in [-0.2, -0.15) is 9.57 Å². The van der Waals surface area contributed by atoms with Crippen molar-refractivity contribution in [2.75, 3.05) is 39.3 Å². The molecule has 30 heavy (non-hydrogen) atoms. The summed E-state index contributed by atoms with van der Waals surface area (Å²) < 4.78 is 27.3. The van der Waals surface area contributed by atoms with Crippen molar-refractivity contribution in [2.24, 2.45) is 5.92 Å². The average Bonchev–Trinajstić information content (AvgIpc) is 3.46. The summed E-state index contributed by atoms with van der Waals surface area (Å²) in [6, 6.07) is 8.34. The van der Waals surface area contributed by atoms with E-state index in [-0.39, 0.29) is 16.7 Å². The van der Waals surface area contributed by atoms with E-state index in [4.69, 9.17) is 5.26 Å². The molecule has 0 spiro atoms. The minimum absolute atomic E-state index is 0.0865. The van der Waals surface area contributed by atoms with E-state index in [0.29, 0.717) is 37.5 Å². The van der Waals surface area contributed by atoms with E-state index in [9.17, 15) is 13.2 Å². The number of nitriles is 1. The van der Waals surface area contributed by atoms with Gasteiger partial charge in [0.1, 0.15) is 0 Å². The molecule has 3 heterocycles. The lowest BCUT2D eigenvalue weighted by atomic mass is 9.96. The van der Waals surface area contributed by atoms with Crippen LogP contribution >= 0.6 is 0 Å². The lowest BCUT2D eigenvalue weighted by Crippen LogP contribution is -2.48. The number of likely N-dealkylation sites (tertiary alicyclic amines) is 2. The van der Waals surface area contributed by atoms with E-state index in [1.165, 1.54) is 41.4 Å². The first-order valence-corrected chi connectivity index (χ1v) is 12.5. The Balaban J connectivity index is 1.35. The Morgan fingerprint density at radius 1 is 0.967 bits per heavy atom. The first kappa shape index (κ1) is 21.3. The zero-order valence-electron chi connectivity index (χ0n) is 17.4. The minimum atomic E-state index is -3.59. The van der Waals surface area contributed by atoms with Crippen molar-refractivity contribution < 1.29 is 13.2 Å². The number of hydrogen-bond acceptors (Lipinski definition) is 5. The van der Waals surface area contributed by atoms with Crippen LogP contribution in [0, 0.1) is 17.2 Å². The topological polar surface area (TPSA) is 84.7 Å². The highest BCUT2D eigenvalue weighted by Crippen LogP contribution is 2.29. The Morgan fingerprint density at radius 2 is 1.63 bits per heavy atom. The molecule has 3 fully saturated rings.